The van der Waals surface area contributed by atoms with Gasteiger partial charge in [-0.2, -0.15) is 5.10 Å². The molecule has 0 aliphatic rings. The van der Waals surface area contributed by atoms with Crippen molar-refractivity contribution in [3.05, 3.63) is 30.1 Å². The lowest BCUT2D eigenvalue weighted by molar-refractivity contribution is 1.04. The molecule has 0 atom stereocenters. The molecular weight excluding hydrogens is 200 g/mol. The Balaban J connectivity index is 2.37. The van der Waals surface area contributed by atoms with Gasteiger partial charge in [0.1, 0.15) is 5.82 Å². The number of hydrogen-bond donors (Lipinski definition) is 2. The summed E-state index contributed by atoms with van der Waals surface area (Å²) in [5.74, 6) is 4.01. The van der Waals surface area contributed by atoms with Gasteiger partial charge < -0.3 is 5.32 Å². The van der Waals surface area contributed by atoms with Crippen molar-refractivity contribution in [2.45, 2.75) is 6.92 Å². The largest absolute Gasteiger partial charge is 0.374 e. The van der Waals surface area contributed by atoms with Crippen LogP contribution in [0.2, 0.25) is 0 Å². The van der Waals surface area contributed by atoms with Gasteiger partial charge in [-0.05, 0) is 19.1 Å². The van der Waals surface area contributed by atoms with Crippen molar-refractivity contribution in [1.29, 1.82) is 0 Å². The third-order valence-electron chi connectivity index (χ3n) is 2.15. The summed E-state index contributed by atoms with van der Waals surface area (Å²) in [4.78, 5) is 4.29. The minimum atomic E-state index is 0.487. The van der Waals surface area contributed by atoms with Crippen LogP contribution >= 0.6 is 0 Å². The summed E-state index contributed by atoms with van der Waals surface area (Å²) in [6.07, 6.45) is 5.22. The smallest absolute Gasteiger partial charge is 0.183 e. The molecule has 0 saturated heterocycles. The highest BCUT2D eigenvalue weighted by Gasteiger charge is 2.07. The first kappa shape index (κ1) is 10.2. The van der Waals surface area contributed by atoms with Crippen LogP contribution in [0.15, 0.2) is 24.3 Å². The van der Waals surface area contributed by atoms with Crippen LogP contribution in [0.4, 0.5) is 5.69 Å². The molecule has 0 unspecified atom stereocenters. The van der Waals surface area contributed by atoms with Gasteiger partial charge in [-0.15, -0.1) is 6.42 Å². The average molecular weight is 212 g/mol. The van der Waals surface area contributed by atoms with Crippen molar-refractivity contribution in [1.82, 2.24) is 15.2 Å². The van der Waals surface area contributed by atoms with Crippen molar-refractivity contribution < 1.29 is 0 Å². The summed E-state index contributed by atoms with van der Waals surface area (Å²) < 4.78 is 0. The Labute approximate surface area is 94.1 Å². The molecule has 1 aromatic carbocycles. The molecule has 0 aliphatic heterocycles. The minimum absolute atomic E-state index is 0.487. The molecule has 1 heterocycles. The molecule has 0 saturated carbocycles. The Morgan fingerprint density at radius 1 is 1.44 bits per heavy atom. The van der Waals surface area contributed by atoms with E-state index in [1.165, 1.54) is 0 Å². The summed E-state index contributed by atoms with van der Waals surface area (Å²) in [5.41, 5.74) is 1.89. The maximum Gasteiger partial charge on any atom is 0.183 e. The highest BCUT2D eigenvalue weighted by atomic mass is 15.2. The maximum absolute atomic E-state index is 5.22. The van der Waals surface area contributed by atoms with E-state index in [-0.39, 0.29) is 0 Å². The fourth-order valence-corrected chi connectivity index (χ4v) is 1.44. The molecule has 0 amide bonds. The molecular formula is C12H12N4. The second kappa shape index (κ2) is 4.49. The van der Waals surface area contributed by atoms with E-state index >= 15 is 0 Å². The standard InChI is InChI=1S/C12H12N4/c1-3-8-13-11-7-5-4-6-10(11)12-14-9(2)15-16-12/h1,4-7,13H,8H2,2H3,(H,14,15,16). The highest BCUT2D eigenvalue weighted by molar-refractivity contribution is 5.73. The number of terminal acetylenes is 1. The van der Waals surface area contributed by atoms with E-state index in [4.69, 9.17) is 6.42 Å². The van der Waals surface area contributed by atoms with Gasteiger partial charge in [-0.3, -0.25) is 5.10 Å². The molecule has 80 valence electrons. The Kier molecular flexibility index (Phi) is 2.88. The monoisotopic (exact) mass is 212 g/mol. The zero-order valence-electron chi connectivity index (χ0n) is 8.99. The van der Waals surface area contributed by atoms with Crippen LogP contribution in [0.5, 0.6) is 0 Å². The predicted octanol–water partition coefficient (Wildman–Crippen LogP) is 1.83. The van der Waals surface area contributed by atoms with Gasteiger partial charge in [0.25, 0.3) is 0 Å². The molecule has 0 spiro atoms. The minimum Gasteiger partial charge on any atom is -0.374 e. The van der Waals surface area contributed by atoms with Crippen LogP contribution in [0, 0.1) is 19.3 Å². The number of anilines is 1. The molecule has 2 aromatic rings. The van der Waals surface area contributed by atoms with E-state index < -0.39 is 0 Å². The molecule has 2 N–H and O–H groups in total. The fourth-order valence-electron chi connectivity index (χ4n) is 1.44. The van der Waals surface area contributed by atoms with Crippen molar-refractivity contribution in [3.63, 3.8) is 0 Å². The predicted molar refractivity (Wildman–Crippen MR) is 63.9 cm³/mol. The number of aromatic amines is 1. The highest BCUT2D eigenvalue weighted by Crippen LogP contribution is 2.24. The molecule has 0 radical (unpaired) electrons. The van der Waals surface area contributed by atoms with E-state index in [1.807, 2.05) is 31.2 Å². The van der Waals surface area contributed by atoms with Crippen molar-refractivity contribution >= 4 is 5.69 Å². The summed E-state index contributed by atoms with van der Waals surface area (Å²) in [6.45, 7) is 2.36. The van der Waals surface area contributed by atoms with E-state index in [0.717, 1.165) is 17.1 Å². The lowest BCUT2D eigenvalue weighted by atomic mass is 10.1. The van der Waals surface area contributed by atoms with Crippen LogP contribution in [-0.4, -0.2) is 21.7 Å². The number of H-pyrrole nitrogens is 1. The van der Waals surface area contributed by atoms with Gasteiger partial charge in [0, 0.05) is 11.3 Å². The van der Waals surface area contributed by atoms with Gasteiger partial charge in [0.05, 0.1) is 6.54 Å². The Bertz CT molecular complexity index is 522. The molecule has 4 nitrogen and oxygen atoms in total. The molecule has 0 bridgehead atoms. The summed E-state index contributed by atoms with van der Waals surface area (Å²) >= 11 is 0. The third kappa shape index (κ3) is 2.04. The number of hydrogen-bond acceptors (Lipinski definition) is 3. The number of para-hydroxylation sites is 1. The lowest BCUT2D eigenvalue weighted by Crippen LogP contribution is -2.00. The second-order valence-corrected chi connectivity index (χ2v) is 3.35. The first-order chi connectivity index (χ1) is 7.81. The van der Waals surface area contributed by atoms with Gasteiger partial charge in [0.15, 0.2) is 5.82 Å². The lowest BCUT2D eigenvalue weighted by Gasteiger charge is -2.06. The van der Waals surface area contributed by atoms with E-state index in [1.54, 1.807) is 0 Å². The SMILES string of the molecule is C#CCNc1ccccc1-c1n[nH]c(C)n1. The number of rotatable bonds is 3. The second-order valence-electron chi connectivity index (χ2n) is 3.35. The van der Waals surface area contributed by atoms with Crippen LogP contribution < -0.4 is 5.32 Å². The Hall–Kier alpha value is -2.28. The summed E-state index contributed by atoms with van der Waals surface area (Å²) in [6, 6.07) is 7.81. The number of aryl methyl sites for hydroxylation is 1. The van der Waals surface area contributed by atoms with Gasteiger partial charge in [-0.25, -0.2) is 4.98 Å². The topological polar surface area (TPSA) is 53.6 Å². The van der Waals surface area contributed by atoms with Crippen molar-refractivity contribution in [2.75, 3.05) is 11.9 Å². The first-order valence-electron chi connectivity index (χ1n) is 4.97. The van der Waals surface area contributed by atoms with Crippen molar-refractivity contribution in [3.8, 4) is 23.7 Å². The number of benzene rings is 1. The molecule has 16 heavy (non-hydrogen) atoms. The third-order valence-corrected chi connectivity index (χ3v) is 2.15. The van der Waals surface area contributed by atoms with Crippen molar-refractivity contribution in [2.24, 2.45) is 0 Å². The van der Waals surface area contributed by atoms with Crippen LogP contribution in [0.25, 0.3) is 11.4 Å². The fraction of sp³-hybridized carbons (Fsp3) is 0.167. The molecule has 1 aromatic heterocycles. The van der Waals surface area contributed by atoms with Crippen LogP contribution in [0.3, 0.4) is 0 Å². The number of aromatic nitrogens is 3. The molecule has 4 heteroatoms. The Morgan fingerprint density at radius 2 is 2.25 bits per heavy atom. The van der Waals surface area contributed by atoms with E-state index in [0.29, 0.717) is 12.4 Å². The quantitative estimate of drug-likeness (QED) is 0.763. The summed E-state index contributed by atoms with van der Waals surface area (Å²) in [5, 5.41) is 10.1. The first-order valence-corrected chi connectivity index (χ1v) is 4.97. The zero-order chi connectivity index (χ0) is 11.4. The molecule has 2 rings (SSSR count). The molecule has 0 aliphatic carbocycles. The van der Waals surface area contributed by atoms with Gasteiger partial charge in [0.2, 0.25) is 0 Å². The zero-order valence-corrected chi connectivity index (χ0v) is 8.99. The number of nitrogens with zero attached hydrogens (tertiary/aromatic N) is 2. The van der Waals surface area contributed by atoms with Gasteiger partial charge >= 0.3 is 0 Å². The maximum atomic E-state index is 5.22. The summed E-state index contributed by atoms with van der Waals surface area (Å²) in [7, 11) is 0. The van der Waals surface area contributed by atoms with Gasteiger partial charge in [-0.1, -0.05) is 18.1 Å². The Morgan fingerprint density at radius 3 is 2.94 bits per heavy atom. The normalized spacial score (nSPS) is 9.75. The van der Waals surface area contributed by atoms with E-state index in [2.05, 4.69) is 26.4 Å². The molecule has 0 fully saturated rings. The average Bonchev–Trinajstić information content (AvgIpc) is 2.73. The van der Waals surface area contributed by atoms with Crippen LogP contribution in [-0.2, 0) is 0 Å². The van der Waals surface area contributed by atoms with E-state index in [9.17, 15) is 0 Å². The number of nitrogens with one attached hydrogen (secondary N) is 2. The van der Waals surface area contributed by atoms with Crippen LogP contribution in [0.1, 0.15) is 5.82 Å².